The first-order chi connectivity index (χ1) is 7.74. The monoisotopic (exact) mass is 275 g/mol. The molecule has 1 atom stereocenters. The van der Waals surface area contributed by atoms with Crippen LogP contribution >= 0.6 is 11.8 Å². The fraction of sp³-hybridized carbons (Fsp3) is 0.455. The second kappa shape index (κ2) is 5.39. The summed E-state index contributed by atoms with van der Waals surface area (Å²) < 4.78 is 22.5. The molecule has 0 amide bonds. The van der Waals surface area contributed by atoms with Gasteiger partial charge < -0.3 is 10.8 Å². The standard InChI is InChI=1S/C11H17NO3S2/c1-11(12,7-13)8-16-9-3-5-10(6-4-9)17(2,14)15/h3-6,13H,7-8,12H2,1-2H3. The summed E-state index contributed by atoms with van der Waals surface area (Å²) in [6.45, 7) is 1.69. The zero-order valence-corrected chi connectivity index (χ0v) is 11.5. The van der Waals surface area contributed by atoms with Gasteiger partial charge in [0.25, 0.3) is 0 Å². The molecule has 17 heavy (non-hydrogen) atoms. The average molecular weight is 275 g/mol. The van der Waals surface area contributed by atoms with Crippen molar-refractivity contribution >= 4 is 21.6 Å². The Balaban J connectivity index is 2.70. The summed E-state index contributed by atoms with van der Waals surface area (Å²) in [4.78, 5) is 1.24. The summed E-state index contributed by atoms with van der Waals surface area (Å²) in [6.07, 6.45) is 1.18. The molecule has 0 radical (unpaired) electrons. The molecule has 0 aromatic heterocycles. The lowest BCUT2D eigenvalue weighted by Gasteiger charge is -2.20. The van der Waals surface area contributed by atoms with E-state index in [-0.39, 0.29) is 6.61 Å². The summed E-state index contributed by atoms with van der Waals surface area (Å²) >= 11 is 1.49. The molecule has 0 spiro atoms. The fourth-order valence-electron chi connectivity index (χ4n) is 1.08. The maximum absolute atomic E-state index is 11.2. The molecule has 0 heterocycles. The number of thioether (sulfide) groups is 1. The maximum Gasteiger partial charge on any atom is 0.175 e. The lowest BCUT2D eigenvalue weighted by atomic mass is 10.1. The van der Waals surface area contributed by atoms with Crippen LogP contribution in [-0.4, -0.2) is 37.7 Å². The number of aliphatic hydroxyl groups excluding tert-OH is 1. The van der Waals surface area contributed by atoms with Crippen molar-refractivity contribution in [1.82, 2.24) is 0 Å². The smallest absolute Gasteiger partial charge is 0.175 e. The highest BCUT2D eigenvalue weighted by Crippen LogP contribution is 2.23. The van der Waals surface area contributed by atoms with Crippen molar-refractivity contribution < 1.29 is 13.5 Å². The molecule has 0 saturated heterocycles. The summed E-state index contributed by atoms with van der Waals surface area (Å²) in [5.74, 6) is 0.571. The zero-order valence-electron chi connectivity index (χ0n) is 9.88. The van der Waals surface area contributed by atoms with Gasteiger partial charge in [0.15, 0.2) is 9.84 Å². The van der Waals surface area contributed by atoms with Crippen LogP contribution in [0.5, 0.6) is 0 Å². The second-order valence-electron chi connectivity index (χ2n) is 4.34. The third-order valence-electron chi connectivity index (χ3n) is 2.18. The van der Waals surface area contributed by atoms with E-state index < -0.39 is 15.4 Å². The minimum atomic E-state index is -3.14. The molecular weight excluding hydrogens is 258 g/mol. The number of aliphatic hydroxyl groups is 1. The Kier molecular flexibility index (Phi) is 4.60. The molecule has 1 rings (SSSR count). The van der Waals surface area contributed by atoms with Crippen LogP contribution in [0.1, 0.15) is 6.92 Å². The van der Waals surface area contributed by atoms with Gasteiger partial charge in [-0.15, -0.1) is 11.8 Å². The second-order valence-corrected chi connectivity index (χ2v) is 7.41. The first-order valence-electron chi connectivity index (χ1n) is 5.07. The highest BCUT2D eigenvalue weighted by Gasteiger charge is 2.17. The first kappa shape index (κ1) is 14.5. The molecule has 4 nitrogen and oxygen atoms in total. The van der Waals surface area contributed by atoms with Gasteiger partial charge in [-0.3, -0.25) is 0 Å². The molecule has 1 unspecified atom stereocenters. The van der Waals surface area contributed by atoms with Crippen LogP contribution in [0.2, 0.25) is 0 Å². The number of hydrogen-bond donors (Lipinski definition) is 2. The molecule has 0 aliphatic heterocycles. The largest absolute Gasteiger partial charge is 0.394 e. The van der Waals surface area contributed by atoms with Crippen molar-refractivity contribution in [3.05, 3.63) is 24.3 Å². The van der Waals surface area contributed by atoms with Crippen LogP contribution in [-0.2, 0) is 9.84 Å². The third-order valence-corrected chi connectivity index (χ3v) is 4.72. The van der Waals surface area contributed by atoms with E-state index in [2.05, 4.69) is 0 Å². The molecule has 0 aliphatic rings. The molecule has 0 fully saturated rings. The van der Waals surface area contributed by atoms with Crippen molar-refractivity contribution in [2.24, 2.45) is 5.73 Å². The van der Waals surface area contributed by atoms with Crippen LogP contribution in [0, 0.1) is 0 Å². The summed E-state index contributed by atoms with van der Waals surface area (Å²) in [7, 11) is -3.14. The SMILES string of the molecule is CC(N)(CO)CSc1ccc(S(C)(=O)=O)cc1. The molecule has 3 N–H and O–H groups in total. The molecule has 1 aromatic rings. The molecule has 0 bridgehead atoms. The van der Waals surface area contributed by atoms with E-state index in [1.54, 1.807) is 31.2 Å². The maximum atomic E-state index is 11.2. The molecular formula is C11H17NO3S2. The predicted octanol–water partition coefficient (Wildman–Crippen LogP) is 0.892. The topological polar surface area (TPSA) is 80.4 Å². The van der Waals surface area contributed by atoms with E-state index in [1.807, 2.05) is 0 Å². The lowest BCUT2D eigenvalue weighted by Crippen LogP contribution is -2.42. The van der Waals surface area contributed by atoms with Gasteiger partial charge in [-0.2, -0.15) is 0 Å². The van der Waals surface area contributed by atoms with E-state index in [9.17, 15) is 8.42 Å². The van der Waals surface area contributed by atoms with E-state index in [4.69, 9.17) is 10.8 Å². The Morgan fingerprint density at radius 3 is 2.29 bits per heavy atom. The lowest BCUT2D eigenvalue weighted by molar-refractivity contribution is 0.224. The highest BCUT2D eigenvalue weighted by molar-refractivity contribution is 7.99. The van der Waals surface area contributed by atoms with Gasteiger partial charge in [0, 0.05) is 22.4 Å². The Morgan fingerprint density at radius 2 is 1.88 bits per heavy atom. The van der Waals surface area contributed by atoms with Gasteiger partial charge in [-0.25, -0.2) is 8.42 Å². The number of nitrogens with two attached hydrogens (primary N) is 1. The molecule has 0 saturated carbocycles. The minimum Gasteiger partial charge on any atom is -0.394 e. The number of benzene rings is 1. The first-order valence-corrected chi connectivity index (χ1v) is 7.95. The van der Waals surface area contributed by atoms with Gasteiger partial charge in [0.2, 0.25) is 0 Å². The molecule has 1 aromatic carbocycles. The average Bonchev–Trinajstić information content (AvgIpc) is 2.26. The van der Waals surface area contributed by atoms with Crippen molar-refractivity contribution in [1.29, 1.82) is 0 Å². The fourth-order valence-corrected chi connectivity index (χ4v) is 2.62. The zero-order chi connectivity index (χ0) is 13.1. The van der Waals surface area contributed by atoms with E-state index >= 15 is 0 Å². The minimum absolute atomic E-state index is 0.0819. The van der Waals surface area contributed by atoms with Crippen molar-refractivity contribution in [2.45, 2.75) is 22.3 Å². The quantitative estimate of drug-likeness (QED) is 0.780. The van der Waals surface area contributed by atoms with E-state index in [1.165, 1.54) is 18.0 Å². The summed E-state index contributed by atoms with van der Waals surface area (Å²) in [6, 6.07) is 6.64. The number of hydrogen-bond acceptors (Lipinski definition) is 5. The van der Waals surface area contributed by atoms with Crippen molar-refractivity contribution in [2.75, 3.05) is 18.6 Å². The van der Waals surface area contributed by atoms with E-state index in [0.29, 0.717) is 10.6 Å². The Hall–Kier alpha value is -0.560. The Labute approximate surface area is 106 Å². The molecule has 0 aliphatic carbocycles. The van der Waals surface area contributed by atoms with Crippen LogP contribution in [0.15, 0.2) is 34.1 Å². The Morgan fingerprint density at radius 1 is 1.35 bits per heavy atom. The van der Waals surface area contributed by atoms with Gasteiger partial charge in [0.1, 0.15) is 0 Å². The van der Waals surface area contributed by atoms with Gasteiger partial charge in [-0.1, -0.05) is 0 Å². The Bertz CT molecular complexity index is 466. The van der Waals surface area contributed by atoms with Crippen molar-refractivity contribution in [3.8, 4) is 0 Å². The van der Waals surface area contributed by atoms with Crippen LogP contribution < -0.4 is 5.73 Å². The highest BCUT2D eigenvalue weighted by atomic mass is 32.2. The normalized spacial score (nSPS) is 15.5. The van der Waals surface area contributed by atoms with Crippen LogP contribution in [0.3, 0.4) is 0 Å². The number of sulfone groups is 1. The summed E-state index contributed by atoms with van der Waals surface area (Å²) in [5.41, 5.74) is 5.17. The van der Waals surface area contributed by atoms with E-state index in [0.717, 1.165) is 4.90 Å². The van der Waals surface area contributed by atoms with Gasteiger partial charge in [-0.05, 0) is 31.2 Å². The third kappa shape index (κ3) is 4.67. The number of rotatable bonds is 5. The summed E-state index contributed by atoms with van der Waals surface area (Å²) in [5, 5.41) is 9.01. The molecule has 6 heteroatoms. The van der Waals surface area contributed by atoms with Gasteiger partial charge in [0.05, 0.1) is 11.5 Å². The predicted molar refractivity (Wildman–Crippen MR) is 70.0 cm³/mol. The van der Waals surface area contributed by atoms with Gasteiger partial charge >= 0.3 is 0 Å². The van der Waals surface area contributed by atoms with Crippen LogP contribution in [0.25, 0.3) is 0 Å². The van der Waals surface area contributed by atoms with Crippen LogP contribution in [0.4, 0.5) is 0 Å². The van der Waals surface area contributed by atoms with Crippen molar-refractivity contribution in [3.63, 3.8) is 0 Å². The molecule has 96 valence electrons.